The molecule has 0 spiro atoms. The molecule has 2 atom stereocenters. The number of sulfone groups is 1. The Labute approximate surface area is 130 Å². The van der Waals surface area contributed by atoms with E-state index < -0.39 is 9.84 Å². The second-order valence-electron chi connectivity index (χ2n) is 7.55. The average Bonchev–Trinajstić information content (AvgIpc) is 2.51. The molecule has 3 rings (SSSR count). The molecule has 4 heteroatoms. The third kappa shape index (κ3) is 4.22. The Hall–Kier alpha value is -0.0900. The van der Waals surface area contributed by atoms with Crippen molar-refractivity contribution < 1.29 is 8.42 Å². The van der Waals surface area contributed by atoms with E-state index >= 15 is 0 Å². The molecule has 0 bridgehead atoms. The maximum Gasteiger partial charge on any atom is 0.150 e. The van der Waals surface area contributed by atoms with Crippen LogP contribution in [-0.2, 0) is 9.84 Å². The summed E-state index contributed by atoms with van der Waals surface area (Å²) in [6, 6.07) is 1.11. The van der Waals surface area contributed by atoms with Crippen molar-refractivity contribution in [1.29, 1.82) is 0 Å². The molecule has 0 aromatic rings. The van der Waals surface area contributed by atoms with Crippen molar-refractivity contribution in [3.8, 4) is 0 Å². The Morgan fingerprint density at radius 3 is 2.05 bits per heavy atom. The zero-order valence-corrected chi connectivity index (χ0v) is 14.0. The quantitative estimate of drug-likeness (QED) is 0.869. The largest absolute Gasteiger partial charge is 0.311 e. The molecule has 21 heavy (non-hydrogen) atoms. The van der Waals surface area contributed by atoms with Crippen LogP contribution < -0.4 is 5.32 Å². The summed E-state index contributed by atoms with van der Waals surface area (Å²) in [5.41, 5.74) is 0. The van der Waals surface area contributed by atoms with Crippen molar-refractivity contribution in [2.45, 2.75) is 82.7 Å². The fourth-order valence-corrected chi connectivity index (χ4v) is 6.34. The van der Waals surface area contributed by atoms with Gasteiger partial charge < -0.3 is 5.32 Å². The maximum absolute atomic E-state index is 11.6. The molecule has 1 heterocycles. The van der Waals surface area contributed by atoms with Gasteiger partial charge >= 0.3 is 0 Å². The van der Waals surface area contributed by atoms with Gasteiger partial charge in [0.1, 0.15) is 9.84 Å². The topological polar surface area (TPSA) is 46.2 Å². The van der Waals surface area contributed by atoms with Crippen molar-refractivity contribution in [3.63, 3.8) is 0 Å². The number of nitrogens with one attached hydrogen (secondary N) is 1. The normalized spacial score (nSPS) is 35.6. The van der Waals surface area contributed by atoms with E-state index in [1.807, 2.05) is 0 Å². The molecule has 3 nitrogen and oxygen atoms in total. The Kier molecular flexibility index (Phi) is 5.26. The summed E-state index contributed by atoms with van der Waals surface area (Å²) in [6.07, 6.45) is 14.3. The molecule has 0 aromatic carbocycles. The van der Waals surface area contributed by atoms with E-state index in [9.17, 15) is 8.42 Å². The molecule has 1 saturated heterocycles. The second-order valence-corrected chi connectivity index (χ2v) is 9.85. The minimum atomic E-state index is -2.73. The van der Waals surface area contributed by atoms with Gasteiger partial charge in [0.15, 0.2) is 0 Å². The molecule has 0 amide bonds. The summed E-state index contributed by atoms with van der Waals surface area (Å²) in [5, 5.41) is 3.88. The van der Waals surface area contributed by atoms with Crippen LogP contribution in [0.25, 0.3) is 0 Å². The van der Waals surface area contributed by atoms with E-state index in [1.54, 1.807) is 0 Å². The number of hydrogen-bond donors (Lipinski definition) is 1. The molecule has 1 N–H and O–H groups in total. The third-order valence-corrected chi connectivity index (χ3v) is 7.79. The van der Waals surface area contributed by atoms with Gasteiger partial charge in [0.05, 0.1) is 11.5 Å². The Bertz CT molecular complexity index is 414. The maximum atomic E-state index is 11.6. The highest BCUT2D eigenvalue weighted by molar-refractivity contribution is 7.91. The number of hydrogen-bond acceptors (Lipinski definition) is 3. The summed E-state index contributed by atoms with van der Waals surface area (Å²) >= 11 is 0. The molecule has 122 valence electrons. The van der Waals surface area contributed by atoms with E-state index in [4.69, 9.17) is 0 Å². The van der Waals surface area contributed by atoms with Crippen LogP contribution in [0.15, 0.2) is 0 Å². The molecular weight excluding hydrogens is 282 g/mol. The summed E-state index contributed by atoms with van der Waals surface area (Å²) in [6.45, 7) is 0. The number of rotatable bonds is 3. The van der Waals surface area contributed by atoms with Crippen molar-refractivity contribution in [2.75, 3.05) is 11.5 Å². The van der Waals surface area contributed by atoms with Gasteiger partial charge in [0, 0.05) is 12.1 Å². The molecule has 0 aromatic heterocycles. The Balaban J connectivity index is 1.56. The van der Waals surface area contributed by atoms with Crippen LogP contribution in [0.3, 0.4) is 0 Å². The van der Waals surface area contributed by atoms with Crippen molar-refractivity contribution in [1.82, 2.24) is 5.32 Å². The van der Waals surface area contributed by atoms with Crippen LogP contribution in [0.2, 0.25) is 0 Å². The summed E-state index contributed by atoms with van der Waals surface area (Å²) in [7, 11) is -2.73. The highest BCUT2D eigenvalue weighted by Gasteiger charge is 2.34. The molecule has 3 aliphatic rings. The molecular formula is C17H31NO2S. The van der Waals surface area contributed by atoms with Crippen molar-refractivity contribution in [2.24, 2.45) is 11.8 Å². The van der Waals surface area contributed by atoms with E-state index in [-0.39, 0.29) is 0 Å². The highest BCUT2D eigenvalue weighted by Crippen LogP contribution is 2.38. The van der Waals surface area contributed by atoms with Crippen LogP contribution in [0.4, 0.5) is 0 Å². The predicted molar refractivity (Wildman–Crippen MR) is 87.1 cm³/mol. The SMILES string of the molecule is O=S1(=O)CCC(NC2CCCCC2C2CCCCC2)CC1. The van der Waals surface area contributed by atoms with Gasteiger partial charge in [-0.05, 0) is 37.5 Å². The van der Waals surface area contributed by atoms with Crippen molar-refractivity contribution in [3.05, 3.63) is 0 Å². The van der Waals surface area contributed by atoms with Gasteiger partial charge in [-0.3, -0.25) is 0 Å². The van der Waals surface area contributed by atoms with Crippen LogP contribution in [0, 0.1) is 11.8 Å². The van der Waals surface area contributed by atoms with E-state index in [0.717, 1.165) is 24.7 Å². The predicted octanol–water partition coefficient (Wildman–Crippen LogP) is 3.29. The van der Waals surface area contributed by atoms with Crippen LogP contribution in [0.1, 0.15) is 70.6 Å². The first kappa shape index (κ1) is 15.8. The molecule has 2 unspecified atom stereocenters. The van der Waals surface area contributed by atoms with Crippen LogP contribution >= 0.6 is 0 Å². The summed E-state index contributed by atoms with van der Waals surface area (Å²) in [5.74, 6) is 2.58. The van der Waals surface area contributed by atoms with E-state index in [1.165, 1.54) is 57.8 Å². The van der Waals surface area contributed by atoms with Gasteiger partial charge in [0.25, 0.3) is 0 Å². The summed E-state index contributed by atoms with van der Waals surface area (Å²) < 4.78 is 23.1. The molecule has 2 saturated carbocycles. The second kappa shape index (κ2) is 6.99. The fraction of sp³-hybridized carbons (Fsp3) is 1.00. The zero-order chi connectivity index (χ0) is 14.7. The highest BCUT2D eigenvalue weighted by atomic mass is 32.2. The summed E-state index contributed by atoms with van der Waals surface area (Å²) in [4.78, 5) is 0. The minimum absolute atomic E-state index is 0.394. The minimum Gasteiger partial charge on any atom is -0.311 e. The van der Waals surface area contributed by atoms with Gasteiger partial charge in [0.2, 0.25) is 0 Å². The first-order chi connectivity index (χ1) is 10.1. The van der Waals surface area contributed by atoms with Gasteiger partial charge in [-0.15, -0.1) is 0 Å². The van der Waals surface area contributed by atoms with Gasteiger partial charge in [-0.1, -0.05) is 44.9 Å². The monoisotopic (exact) mass is 313 g/mol. The fourth-order valence-electron chi connectivity index (χ4n) is 4.85. The first-order valence-corrected chi connectivity index (χ1v) is 10.9. The lowest BCUT2D eigenvalue weighted by atomic mass is 9.70. The van der Waals surface area contributed by atoms with Crippen molar-refractivity contribution >= 4 is 9.84 Å². The third-order valence-electron chi connectivity index (χ3n) is 6.08. The lowest BCUT2D eigenvalue weighted by Gasteiger charge is -2.41. The zero-order valence-electron chi connectivity index (χ0n) is 13.2. The van der Waals surface area contributed by atoms with Gasteiger partial charge in [-0.25, -0.2) is 8.42 Å². The molecule has 1 aliphatic heterocycles. The molecule has 3 fully saturated rings. The molecule has 2 aliphatic carbocycles. The molecule has 0 radical (unpaired) electrons. The van der Waals surface area contributed by atoms with E-state index in [0.29, 0.717) is 23.6 Å². The Morgan fingerprint density at radius 1 is 0.714 bits per heavy atom. The standard InChI is InChI=1S/C17H31NO2S/c19-21(20)12-10-15(11-13-21)18-17-9-5-4-8-16(17)14-6-2-1-3-7-14/h14-18H,1-13H2. The smallest absolute Gasteiger partial charge is 0.150 e. The lowest BCUT2D eigenvalue weighted by Crippen LogP contribution is -2.49. The first-order valence-electron chi connectivity index (χ1n) is 9.10. The van der Waals surface area contributed by atoms with Crippen LogP contribution in [0.5, 0.6) is 0 Å². The lowest BCUT2D eigenvalue weighted by molar-refractivity contribution is 0.140. The Morgan fingerprint density at radius 2 is 1.33 bits per heavy atom. The van der Waals surface area contributed by atoms with Gasteiger partial charge in [-0.2, -0.15) is 0 Å². The van der Waals surface area contributed by atoms with E-state index in [2.05, 4.69) is 5.32 Å². The van der Waals surface area contributed by atoms with Crippen LogP contribution in [-0.4, -0.2) is 32.0 Å². The average molecular weight is 314 g/mol.